The minimum absolute atomic E-state index is 0.333. The van der Waals surface area contributed by atoms with Gasteiger partial charge < -0.3 is 4.90 Å². The number of nitrogens with zero attached hydrogens (tertiary/aromatic N) is 5. The Kier molecular flexibility index (Phi) is 7.00. The Morgan fingerprint density at radius 3 is 2.49 bits per heavy atom. The molecule has 0 saturated carbocycles. The molecule has 1 atom stereocenters. The summed E-state index contributed by atoms with van der Waals surface area (Å²) < 4.78 is 1.37. The summed E-state index contributed by atoms with van der Waals surface area (Å²) in [6.45, 7) is 2.23. The molecule has 8 nitrogen and oxygen atoms in total. The standard InChI is InChI=1S/C30H28N6O2S/c1-35-14-11-22(12-15-35)20-7-9-21(10-8-20)24-17-25-27(32-18-24)33-19-36(29(25)38)26(23-5-3-2-4-6-23)28(37)34-30-31-13-16-39-30/h2-10,13,16-19,22,26H,11-12,14-15H2,1H3,(H,31,34,37). The number of aromatic nitrogens is 4. The number of thiazole rings is 1. The van der Waals surface area contributed by atoms with Gasteiger partial charge in [-0.15, -0.1) is 11.3 Å². The van der Waals surface area contributed by atoms with Crippen molar-refractivity contribution in [2.75, 3.05) is 25.5 Å². The van der Waals surface area contributed by atoms with E-state index in [-0.39, 0.29) is 11.5 Å². The van der Waals surface area contributed by atoms with Crippen LogP contribution < -0.4 is 10.9 Å². The maximum Gasteiger partial charge on any atom is 0.263 e. The first kappa shape index (κ1) is 25.1. The number of carbonyl (C=O) groups is 1. The summed E-state index contributed by atoms with van der Waals surface area (Å²) in [5.74, 6) is 0.208. The van der Waals surface area contributed by atoms with Gasteiger partial charge in [-0.25, -0.2) is 15.0 Å². The highest BCUT2D eigenvalue weighted by Gasteiger charge is 2.26. The third-order valence-electron chi connectivity index (χ3n) is 7.37. The van der Waals surface area contributed by atoms with E-state index in [1.165, 1.54) is 27.8 Å². The van der Waals surface area contributed by atoms with E-state index in [9.17, 15) is 9.59 Å². The van der Waals surface area contributed by atoms with E-state index in [2.05, 4.69) is 56.5 Å². The molecule has 0 spiro atoms. The van der Waals surface area contributed by atoms with Crippen molar-refractivity contribution in [3.8, 4) is 11.1 Å². The summed E-state index contributed by atoms with van der Waals surface area (Å²) in [5, 5.41) is 5.44. The summed E-state index contributed by atoms with van der Waals surface area (Å²) in [5.41, 5.74) is 3.84. The van der Waals surface area contributed by atoms with Crippen LogP contribution in [0.2, 0.25) is 0 Å². The maximum atomic E-state index is 13.8. The monoisotopic (exact) mass is 536 g/mol. The largest absolute Gasteiger partial charge is 0.306 e. The number of pyridine rings is 1. The van der Waals surface area contributed by atoms with Crippen molar-refractivity contribution in [2.24, 2.45) is 0 Å². The number of anilines is 1. The van der Waals surface area contributed by atoms with Gasteiger partial charge in [-0.3, -0.25) is 19.5 Å². The topological polar surface area (TPSA) is 93.0 Å². The fourth-order valence-corrected chi connectivity index (χ4v) is 5.72. The van der Waals surface area contributed by atoms with Crippen molar-refractivity contribution in [3.63, 3.8) is 0 Å². The first-order chi connectivity index (χ1) is 19.1. The van der Waals surface area contributed by atoms with Crippen molar-refractivity contribution in [3.05, 3.63) is 106 Å². The highest BCUT2D eigenvalue weighted by Crippen LogP contribution is 2.30. The molecule has 1 aliphatic heterocycles. The van der Waals surface area contributed by atoms with Crippen molar-refractivity contribution in [1.82, 2.24) is 24.4 Å². The van der Waals surface area contributed by atoms with Crippen LogP contribution in [0.3, 0.4) is 0 Å². The van der Waals surface area contributed by atoms with Gasteiger partial charge in [-0.05, 0) is 61.7 Å². The second-order valence-corrected chi connectivity index (χ2v) is 10.8. The normalized spacial score (nSPS) is 15.3. The summed E-state index contributed by atoms with van der Waals surface area (Å²) in [6.07, 6.45) is 7.09. The molecule has 196 valence electrons. The lowest BCUT2D eigenvalue weighted by atomic mass is 9.89. The minimum Gasteiger partial charge on any atom is -0.306 e. The molecule has 39 heavy (non-hydrogen) atoms. The fourth-order valence-electron chi connectivity index (χ4n) is 5.19. The quantitative estimate of drug-likeness (QED) is 0.330. The summed E-state index contributed by atoms with van der Waals surface area (Å²) in [7, 11) is 2.17. The molecule has 0 radical (unpaired) electrons. The second kappa shape index (κ2) is 10.9. The number of hydrogen-bond donors (Lipinski definition) is 1. The van der Waals surface area contributed by atoms with E-state index in [4.69, 9.17) is 0 Å². The smallest absolute Gasteiger partial charge is 0.263 e. The molecule has 1 fully saturated rings. The van der Waals surface area contributed by atoms with Crippen LogP contribution in [0.15, 0.2) is 89.6 Å². The average molecular weight is 537 g/mol. The van der Waals surface area contributed by atoms with E-state index >= 15 is 0 Å². The van der Waals surface area contributed by atoms with Crippen molar-refractivity contribution in [2.45, 2.75) is 24.8 Å². The van der Waals surface area contributed by atoms with Gasteiger partial charge in [0.2, 0.25) is 0 Å². The predicted molar refractivity (Wildman–Crippen MR) is 154 cm³/mol. The molecule has 4 heterocycles. The van der Waals surface area contributed by atoms with Crippen molar-refractivity contribution < 1.29 is 4.79 Å². The molecule has 2 aromatic carbocycles. The van der Waals surface area contributed by atoms with Gasteiger partial charge in [0.25, 0.3) is 11.5 Å². The Hall–Kier alpha value is -4.21. The van der Waals surface area contributed by atoms with Crippen LogP contribution >= 0.6 is 11.3 Å². The highest BCUT2D eigenvalue weighted by atomic mass is 32.1. The van der Waals surface area contributed by atoms with Gasteiger partial charge in [-0.2, -0.15) is 0 Å². The Morgan fingerprint density at radius 2 is 1.77 bits per heavy atom. The molecular formula is C30H28N6O2S. The molecule has 1 amide bonds. The Labute approximate surface area is 230 Å². The van der Waals surface area contributed by atoms with Crippen molar-refractivity contribution >= 4 is 33.4 Å². The van der Waals surface area contributed by atoms with Gasteiger partial charge >= 0.3 is 0 Å². The molecule has 9 heteroatoms. The Balaban J connectivity index is 1.35. The van der Waals surface area contributed by atoms with E-state index in [0.29, 0.717) is 27.6 Å². The summed E-state index contributed by atoms with van der Waals surface area (Å²) >= 11 is 1.32. The zero-order chi connectivity index (χ0) is 26.8. The van der Waals surface area contributed by atoms with Crippen LogP contribution in [0, 0.1) is 0 Å². The molecule has 1 saturated heterocycles. The summed E-state index contributed by atoms with van der Waals surface area (Å²) in [4.78, 5) is 42.7. The van der Waals surface area contributed by atoms with Crippen LogP contribution in [-0.2, 0) is 4.79 Å². The number of piperidine rings is 1. The average Bonchev–Trinajstić information content (AvgIpc) is 3.48. The number of hydrogen-bond acceptors (Lipinski definition) is 7. The van der Waals surface area contributed by atoms with E-state index < -0.39 is 6.04 Å². The van der Waals surface area contributed by atoms with Gasteiger partial charge in [0.05, 0.1) is 5.39 Å². The van der Waals surface area contributed by atoms with Crippen LogP contribution in [-0.4, -0.2) is 50.5 Å². The molecule has 1 unspecified atom stereocenters. The lowest BCUT2D eigenvalue weighted by Crippen LogP contribution is -2.34. The minimum atomic E-state index is -0.919. The van der Waals surface area contributed by atoms with Crippen LogP contribution in [0.4, 0.5) is 5.13 Å². The zero-order valence-electron chi connectivity index (χ0n) is 21.5. The van der Waals surface area contributed by atoms with Crippen LogP contribution in [0.5, 0.6) is 0 Å². The van der Waals surface area contributed by atoms with Crippen LogP contribution in [0.25, 0.3) is 22.2 Å². The number of benzene rings is 2. The Bertz CT molecular complexity index is 1640. The third kappa shape index (κ3) is 5.23. The lowest BCUT2D eigenvalue weighted by molar-refractivity contribution is -0.118. The highest BCUT2D eigenvalue weighted by molar-refractivity contribution is 7.13. The van der Waals surface area contributed by atoms with E-state index in [0.717, 1.165) is 37.1 Å². The second-order valence-electron chi connectivity index (χ2n) is 9.89. The van der Waals surface area contributed by atoms with Crippen LogP contribution in [0.1, 0.15) is 35.9 Å². The maximum absolute atomic E-state index is 13.8. The molecule has 3 aromatic heterocycles. The first-order valence-corrected chi connectivity index (χ1v) is 13.9. The number of likely N-dealkylation sites (tertiary alicyclic amines) is 1. The number of nitrogens with one attached hydrogen (secondary N) is 1. The van der Waals surface area contributed by atoms with Gasteiger partial charge in [-0.1, -0.05) is 54.6 Å². The fraction of sp³-hybridized carbons (Fsp3) is 0.233. The van der Waals surface area contributed by atoms with Gasteiger partial charge in [0, 0.05) is 23.3 Å². The first-order valence-electron chi connectivity index (χ1n) is 13.0. The molecule has 6 rings (SSSR count). The molecule has 0 aliphatic carbocycles. The third-order valence-corrected chi connectivity index (χ3v) is 8.06. The predicted octanol–water partition coefficient (Wildman–Crippen LogP) is 4.95. The zero-order valence-corrected chi connectivity index (χ0v) is 22.3. The van der Waals surface area contributed by atoms with E-state index in [1.54, 1.807) is 17.8 Å². The number of fused-ring (bicyclic) bond motifs is 1. The number of amides is 1. The van der Waals surface area contributed by atoms with E-state index in [1.807, 2.05) is 36.4 Å². The molecule has 1 aliphatic rings. The molecule has 1 N–H and O–H groups in total. The molecule has 0 bridgehead atoms. The SMILES string of the molecule is CN1CCC(c2ccc(-c3cnc4ncn(C(C(=O)Nc5nccs5)c5ccccc5)c(=O)c4c3)cc2)CC1. The molecular weight excluding hydrogens is 508 g/mol. The summed E-state index contributed by atoms with van der Waals surface area (Å²) in [6, 6.07) is 18.7. The number of rotatable bonds is 6. The van der Waals surface area contributed by atoms with Crippen molar-refractivity contribution in [1.29, 1.82) is 0 Å². The Morgan fingerprint density at radius 1 is 1.00 bits per heavy atom. The molecule has 5 aromatic rings. The number of carbonyl (C=O) groups excluding carboxylic acids is 1. The lowest BCUT2D eigenvalue weighted by Gasteiger charge is -2.29. The van der Waals surface area contributed by atoms with Gasteiger partial charge in [0.1, 0.15) is 12.4 Å². The van der Waals surface area contributed by atoms with Gasteiger partial charge in [0.15, 0.2) is 10.8 Å².